The van der Waals surface area contributed by atoms with Gasteiger partial charge in [-0.1, -0.05) is 44.2 Å². The molecule has 0 radical (unpaired) electrons. The maximum atomic E-state index is 13.2. The van der Waals surface area contributed by atoms with Crippen LogP contribution in [0.1, 0.15) is 37.5 Å². The number of nitrogens with one attached hydrogen (secondary N) is 3. The Hall–Kier alpha value is -4.16. The summed E-state index contributed by atoms with van der Waals surface area (Å²) in [5, 5.41) is 14.4. The lowest BCUT2D eigenvalue weighted by atomic mass is 10.0. The summed E-state index contributed by atoms with van der Waals surface area (Å²) in [6, 6.07) is 13.7. The van der Waals surface area contributed by atoms with E-state index >= 15 is 0 Å². The molecule has 2 atom stereocenters. The van der Waals surface area contributed by atoms with E-state index < -0.39 is 29.6 Å². The molecule has 1 aliphatic rings. The van der Waals surface area contributed by atoms with Gasteiger partial charge >= 0.3 is 5.97 Å². The monoisotopic (exact) mass is 582 g/mol. The quantitative estimate of drug-likeness (QED) is 0.246. The third-order valence-corrected chi connectivity index (χ3v) is 6.98. The first-order valence-corrected chi connectivity index (χ1v) is 14.1. The molecule has 1 aliphatic heterocycles. The van der Waals surface area contributed by atoms with Gasteiger partial charge in [-0.3, -0.25) is 14.4 Å². The third kappa shape index (κ3) is 9.47. The van der Waals surface area contributed by atoms with E-state index in [1.54, 1.807) is 39.0 Å². The fraction of sp³-hybridized carbons (Fsp3) is 0.345. The Balaban J connectivity index is 1.67. The van der Waals surface area contributed by atoms with E-state index in [0.717, 1.165) is 5.56 Å². The van der Waals surface area contributed by atoms with Crippen molar-refractivity contribution in [3.05, 3.63) is 77.0 Å². The van der Waals surface area contributed by atoms with E-state index in [4.69, 9.17) is 9.57 Å². The van der Waals surface area contributed by atoms with E-state index in [0.29, 0.717) is 34.5 Å². The SMILES string of the molecule is COc1ccc(C2=NC(C)ON2)cc1CC(=O)N[C@H](C(=O)NC(=CC(=O)O)C(=O)CSCc1ccccc1)C(C)C. The largest absolute Gasteiger partial charge is 0.496 e. The maximum Gasteiger partial charge on any atom is 0.330 e. The second-order valence-electron chi connectivity index (χ2n) is 9.58. The number of ether oxygens (including phenoxy) is 1. The lowest BCUT2D eigenvalue weighted by Crippen LogP contribution is -2.50. The number of thioether (sulfide) groups is 1. The third-order valence-electron chi connectivity index (χ3n) is 5.98. The lowest BCUT2D eigenvalue weighted by Gasteiger charge is -2.22. The van der Waals surface area contributed by atoms with Crippen molar-refractivity contribution < 1.29 is 33.9 Å². The number of aliphatic imine (C=N–C) groups is 1. The van der Waals surface area contributed by atoms with Gasteiger partial charge in [0.15, 0.2) is 17.8 Å². The maximum absolute atomic E-state index is 13.2. The minimum absolute atomic E-state index is 0.0346. The van der Waals surface area contributed by atoms with Crippen molar-refractivity contribution >= 4 is 41.2 Å². The predicted molar refractivity (Wildman–Crippen MR) is 155 cm³/mol. The topological polar surface area (TPSA) is 155 Å². The van der Waals surface area contributed by atoms with Gasteiger partial charge in [0, 0.05) is 16.9 Å². The van der Waals surface area contributed by atoms with Gasteiger partial charge in [0.1, 0.15) is 11.8 Å². The molecule has 2 aromatic carbocycles. The zero-order valence-electron chi connectivity index (χ0n) is 23.3. The summed E-state index contributed by atoms with van der Waals surface area (Å²) >= 11 is 1.30. The number of carbonyl (C=O) groups excluding carboxylic acids is 3. The number of allylic oxidation sites excluding steroid dienone is 1. The lowest BCUT2D eigenvalue weighted by molar-refractivity contribution is -0.132. The number of carbonyl (C=O) groups is 4. The van der Waals surface area contributed by atoms with Gasteiger partial charge in [-0.2, -0.15) is 0 Å². The number of rotatable bonds is 14. The van der Waals surface area contributed by atoms with E-state index in [2.05, 4.69) is 21.1 Å². The highest BCUT2D eigenvalue weighted by Crippen LogP contribution is 2.22. The molecule has 11 nitrogen and oxygen atoms in total. The van der Waals surface area contributed by atoms with Crippen molar-refractivity contribution in [3.8, 4) is 5.75 Å². The van der Waals surface area contributed by atoms with Crippen molar-refractivity contribution in [2.45, 2.75) is 45.2 Å². The van der Waals surface area contributed by atoms with Gasteiger partial charge in [-0.05, 0) is 36.6 Å². The number of carboxylic acid groups (broad SMARTS) is 1. The van der Waals surface area contributed by atoms with Crippen molar-refractivity contribution in [1.82, 2.24) is 16.1 Å². The van der Waals surface area contributed by atoms with Crippen LogP contribution in [0.15, 0.2) is 65.3 Å². The zero-order valence-corrected chi connectivity index (χ0v) is 24.1. The number of aliphatic carboxylic acids is 1. The van der Waals surface area contributed by atoms with Gasteiger partial charge < -0.3 is 20.5 Å². The Bertz CT molecular complexity index is 1330. The number of hydrogen-bond acceptors (Lipinski definition) is 9. The van der Waals surface area contributed by atoms with Crippen LogP contribution in [0, 0.1) is 5.92 Å². The van der Waals surface area contributed by atoms with Gasteiger partial charge in [-0.25, -0.2) is 20.1 Å². The number of hydroxylamine groups is 1. The molecular formula is C29H34N4O7S. The Morgan fingerprint density at radius 1 is 1.17 bits per heavy atom. The van der Waals surface area contributed by atoms with E-state index in [9.17, 15) is 24.3 Å². The molecule has 3 rings (SSSR count). The second-order valence-corrected chi connectivity index (χ2v) is 10.6. The normalized spacial score (nSPS) is 15.5. The molecule has 218 valence electrons. The molecule has 0 aromatic heterocycles. The molecule has 1 heterocycles. The summed E-state index contributed by atoms with van der Waals surface area (Å²) in [5.41, 5.74) is 4.67. The van der Waals surface area contributed by atoms with Crippen molar-refractivity contribution in [3.63, 3.8) is 0 Å². The predicted octanol–water partition coefficient (Wildman–Crippen LogP) is 2.59. The van der Waals surface area contributed by atoms with E-state index in [-0.39, 0.29) is 30.0 Å². The fourth-order valence-electron chi connectivity index (χ4n) is 3.94. The van der Waals surface area contributed by atoms with Crippen LogP contribution < -0.4 is 20.9 Å². The van der Waals surface area contributed by atoms with Crippen LogP contribution in [0.5, 0.6) is 5.75 Å². The molecule has 1 unspecified atom stereocenters. The number of Topliss-reactive ketones (excluding diaryl/α,β-unsaturated/α-hetero) is 1. The highest BCUT2D eigenvalue weighted by atomic mass is 32.2. The number of amidine groups is 1. The van der Waals surface area contributed by atoms with Crippen LogP contribution in [0.4, 0.5) is 0 Å². The molecule has 0 saturated heterocycles. The van der Waals surface area contributed by atoms with Crippen molar-refractivity contribution in [2.24, 2.45) is 10.9 Å². The van der Waals surface area contributed by atoms with Gasteiger partial charge in [-0.15, -0.1) is 11.8 Å². The molecule has 41 heavy (non-hydrogen) atoms. The standard InChI is InChI=1S/C29H34N4O7S/c1-17(2)27(29(38)31-22(14-26(36)37)23(34)16-41-15-19-8-6-5-7-9-19)32-25(35)13-21-12-20(10-11-24(21)39-4)28-30-18(3)40-33-28/h5-12,14,17-18,27H,13,15-16H2,1-4H3,(H,30,33)(H,31,38)(H,32,35)(H,36,37)/t18?,27-/m0/s1. The second kappa shape index (κ2) is 15.0. The highest BCUT2D eigenvalue weighted by Gasteiger charge is 2.27. The van der Waals surface area contributed by atoms with Crippen LogP contribution in [0.25, 0.3) is 0 Å². The van der Waals surface area contributed by atoms with Gasteiger partial charge in [0.25, 0.3) is 0 Å². The Morgan fingerprint density at radius 2 is 1.90 bits per heavy atom. The average molecular weight is 583 g/mol. The van der Waals surface area contributed by atoms with Gasteiger partial charge in [0.2, 0.25) is 11.8 Å². The van der Waals surface area contributed by atoms with Crippen LogP contribution in [0.3, 0.4) is 0 Å². The van der Waals surface area contributed by atoms with Gasteiger partial charge in [0.05, 0.1) is 31.1 Å². The number of ketones is 1. The Kier molecular flexibility index (Phi) is 11.5. The van der Waals surface area contributed by atoms with E-state index in [1.165, 1.54) is 18.9 Å². The molecule has 0 fully saturated rings. The molecule has 2 amide bonds. The first kappa shape index (κ1) is 31.4. The zero-order chi connectivity index (χ0) is 29.9. The summed E-state index contributed by atoms with van der Waals surface area (Å²) in [6.45, 7) is 5.24. The van der Waals surface area contributed by atoms with Crippen LogP contribution in [-0.4, -0.2) is 59.6 Å². The molecule has 2 aromatic rings. The first-order valence-electron chi connectivity index (χ1n) is 12.9. The molecule has 0 aliphatic carbocycles. The number of nitrogens with zero attached hydrogens (tertiary/aromatic N) is 1. The van der Waals surface area contributed by atoms with Crippen molar-refractivity contribution in [1.29, 1.82) is 0 Å². The Morgan fingerprint density at radius 3 is 2.51 bits per heavy atom. The average Bonchev–Trinajstić information content (AvgIpc) is 3.37. The summed E-state index contributed by atoms with van der Waals surface area (Å²) in [7, 11) is 1.49. The number of benzene rings is 2. The summed E-state index contributed by atoms with van der Waals surface area (Å²) in [6.07, 6.45) is 0.214. The van der Waals surface area contributed by atoms with Crippen LogP contribution in [0.2, 0.25) is 0 Å². The highest BCUT2D eigenvalue weighted by molar-refractivity contribution is 7.99. The number of hydrogen-bond donors (Lipinski definition) is 4. The molecule has 12 heteroatoms. The molecule has 0 spiro atoms. The first-order chi connectivity index (χ1) is 19.6. The summed E-state index contributed by atoms with van der Waals surface area (Å²) in [5.74, 6) is -1.93. The van der Waals surface area contributed by atoms with Crippen molar-refractivity contribution in [2.75, 3.05) is 12.9 Å². The molecular weight excluding hydrogens is 548 g/mol. The van der Waals surface area contributed by atoms with Crippen LogP contribution >= 0.6 is 11.8 Å². The molecule has 4 N–H and O–H groups in total. The number of carboxylic acids is 1. The number of amides is 2. The summed E-state index contributed by atoms with van der Waals surface area (Å²) < 4.78 is 5.41. The molecule has 0 saturated carbocycles. The fourth-order valence-corrected chi connectivity index (χ4v) is 4.81. The minimum atomic E-state index is -1.38. The summed E-state index contributed by atoms with van der Waals surface area (Å²) in [4.78, 5) is 60.0. The number of methoxy groups -OCH3 is 1. The molecule has 0 bridgehead atoms. The Labute approximate surface area is 242 Å². The minimum Gasteiger partial charge on any atom is -0.496 e. The smallest absolute Gasteiger partial charge is 0.330 e. The van der Waals surface area contributed by atoms with Crippen LogP contribution in [-0.2, 0) is 36.2 Å². The van der Waals surface area contributed by atoms with E-state index in [1.807, 2.05) is 30.3 Å².